The number of carbonyl (C=O) groups is 1. The summed E-state index contributed by atoms with van der Waals surface area (Å²) < 4.78 is 24.8. The molecule has 1 aliphatic rings. The zero-order valence-corrected chi connectivity index (χ0v) is 12.1. The molecule has 1 rings (SSSR count). The standard InChI is InChI=1S/C11H23N3O3S/c1-4-6-11(2,12)10(15)14-7-5-9(8-14)13-18(3,16)17/h9,13H,4-8,12H2,1-3H3. The first-order chi connectivity index (χ1) is 8.15. The van der Waals surface area contributed by atoms with Gasteiger partial charge in [-0.05, 0) is 19.8 Å². The Morgan fingerprint density at radius 3 is 2.67 bits per heavy atom. The summed E-state index contributed by atoms with van der Waals surface area (Å²) in [5.41, 5.74) is 5.14. The Balaban J connectivity index is 2.59. The molecular formula is C11H23N3O3S. The topological polar surface area (TPSA) is 92.5 Å². The quantitative estimate of drug-likeness (QED) is 0.718. The second-order valence-electron chi connectivity index (χ2n) is 5.29. The van der Waals surface area contributed by atoms with E-state index in [-0.39, 0.29) is 11.9 Å². The van der Waals surface area contributed by atoms with Crippen molar-refractivity contribution in [3.8, 4) is 0 Å². The van der Waals surface area contributed by atoms with Gasteiger partial charge in [-0.25, -0.2) is 13.1 Å². The molecule has 0 spiro atoms. The van der Waals surface area contributed by atoms with Gasteiger partial charge in [-0.2, -0.15) is 0 Å². The number of nitrogens with one attached hydrogen (secondary N) is 1. The molecule has 0 bridgehead atoms. The minimum Gasteiger partial charge on any atom is -0.339 e. The van der Waals surface area contributed by atoms with E-state index < -0.39 is 15.6 Å². The molecule has 0 saturated carbocycles. The van der Waals surface area contributed by atoms with Crippen LogP contribution in [0.4, 0.5) is 0 Å². The van der Waals surface area contributed by atoms with E-state index in [0.29, 0.717) is 25.9 Å². The number of hydrogen-bond donors (Lipinski definition) is 2. The molecule has 0 radical (unpaired) electrons. The van der Waals surface area contributed by atoms with Gasteiger partial charge in [-0.3, -0.25) is 4.79 Å². The minimum absolute atomic E-state index is 0.0952. The molecule has 7 heteroatoms. The molecule has 0 aromatic rings. The second-order valence-corrected chi connectivity index (χ2v) is 7.07. The van der Waals surface area contributed by atoms with Gasteiger partial charge < -0.3 is 10.6 Å². The summed E-state index contributed by atoms with van der Waals surface area (Å²) >= 11 is 0. The third kappa shape index (κ3) is 4.22. The molecule has 1 aliphatic heterocycles. The van der Waals surface area contributed by atoms with Gasteiger partial charge in [-0.15, -0.1) is 0 Å². The Morgan fingerprint density at radius 2 is 2.17 bits per heavy atom. The Morgan fingerprint density at radius 1 is 1.56 bits per heavy atom. The summed E-state index contributed by atoms with van der Waals surface area (Å²) in [6.45, 7) is 4.68. The third-order valence-electron chi connectivity index (χ3n) is 3.11. The van der Waals surface area contributed by atoms with Crippen molar-refractivity contribution >= 4 is 15.9 Å². The first kappa shape index (κ1) is 15.4. The van der Waals surface area contributed by atoms with E-state index in [2.05, 4.69) is 4.72 Å². The van der Waals surface area contributed by atoms with Gasteiger partial charge in [0.2, 0.25) is 15.9 Å². The Kier molecular flexibility index (Phi) is 4.74. The first-order valence-corrected chi connectivity index (χ1v) is 8.10. The highest BCUT2D eigenvalue weighted by molar-refractivity contribution is 7.88. The van der Waals surface area contributed by atoms with Crippen LogP contribution in [0.15, 0.2) is 0 Å². The highest BCUT2D eigenvalue weighted by Gasteiger charge is 2.36. The fourth-order valence-electron chi connectivity index (χ4n) is 2.33. The van der Waals surface area contributed by atoms with Gasteiger partial charge in [0.15, 0.2) is 0 Å². The van der Waals surface area contributed by atoms with E-state index in [0.717, 1.165) is 12.7 Å². The van der Waals surface area contributed by atoms with Crippen molar-refractivity contribution in [1.82, 2.24) is 9.62 Å². The van der Waals surface area contributed by atoms with Crippen LogP contribution < -0.4 is 10.5 Å². The summed E-state index contributed by atoms with van der Waals surface area (Å²) in [5, 5.41) is 0. The van der Waals surface area contributed by atoms with Gasteiger partial charge in [0.25, 0.3) is 0 Å². The van der Waals surface area contributed by atoms with Gasteiger partial charge in [0, 0.05) is 19.1 Å². The normalized spacial score (nSPS) is 24.0. The maximum Gasteiger partial charge on any atom is 0.242 e. The summed E-state index contributed by atoms with van der Waals surface area (Å²) in [6, 6.07) is -0.193. The largest absolute Gasteiger partial charge is 0.339 e. The van der Waals surface area contributed by atoms with Gasteiger partial charge in [0.1, 0.15) is 0 Å². The summed E-state index contributed by atoms with van der Waals surface area (Å²) in [5.74, 6) is -0.0952. The fourth-order valence-corrected chi connectivity index (χ4v) is 3.13. The molecule has 6 nitrogen and oxygen atoms in total. The number of likely N-dealkylation sites (tertiary alicyclic amines) is 1. The van der Waals surface area contributed by atoms with Crippen molar-refractivity contribution in [2.75, 3.05) is 19.3 Å². The smallest absolute Gasteiger partial charge is 0.242 e. The average molecular weight is 277 g/mol. The lowest BCUT2D eigenvalue weighted by atomic mass is 9.96. The highest BCUT2D eigenvalue weighted by atomic mass is 32.2. The van der Waals surface area contributed by atoms with Crippen LogP contribution in [0.5, 0.6) is 0 Å². The van der Waals surface area contributed by atoms with Gasteiger partial charge in [-0.1, -0.05) is 13.3 Å². The molecule has 106 valence electrons. The minimum atomic E-state index is -3.22. The van der Waals surface area contributed by atoms with Crippen LogP contribution in [0, 0.1) is 0 Å². The van der Waals surface area contributed by atoms with Crippen molar-refractivity contribution in [3.63, 3.8) is 0 Å². The van der Waals surface area contributed by atoms with Crippen LogP contribution >= 0.6 is 0 Å². The predicted molar refractivity (Wildman–Crippen MR) is 70.5 cm³/mol. The first-order valence-electron chi connectivity index (χ1n) is 6.21. The van der Waals surface area contributed by atoms with E-state index in [1.807, 2.05) is 6.92 Å². The van der Waals surface area contributed by atoms with Crippen molar-refractivity contribution in [1.29, 1.82) is 0 Å². The number of sulfonamides is 1. The molecule has 1 fully saturated rings. The Bertz CT molecular complexity index is 406. The van der Waals surface area contributed by atoms with Crippen molar-refractivity contribution in [2.24, 2.45) is 5.73 Å². The highest BCUT2D eigenvalue weighted by Crippen LogP contribution is 2.18. The second kappa shape index (κ2) is 5.54. The fraction of sp³-hybridized carbons (Fsp3) is 0.909. The van der Waals surface area contributed by atoms with Gasteiger partial charge >= 0.3 is 0 Å². The number of carbonyl (C=O) groups excluding carboxylic acids is 1. The van der Waals surface area contributed by atoms with Crippen molar-refractivity contribution < 1.29 is 13.2 Å². The lowest BCUT2D eigenvalue weighted by Crippen LogP contribution is -2.53. The molecular weight excluding hydrogens is 254 g/mol. The molecule has 1 saturated heterocycles. The van der Waals surface area contributed by atoms with Crippen LogP contribution in [-0.2, 0) is 14.8 Å². The number of hydrogen-bond acceptors (Lipinski definition) is 4. The molecule has 0 aliphatic carbocycles. The maximum absolute atomic E-state index is 12.2. The maximum atomic E-state index is 12.2. The summed E-state index contributed by atoms with van der Waals surface area (Å²) in [6.07, 6.45) is 3.24. The zero-order chi connectivity index (χ0) is 14.0. The zero-order valence-electron chi connectivity index (χ0n) is 11.3. The van der Waals surface area contributed by atoms with Gasteiger partial charge in [0.05, 0.1) is 11.8 Å². The van der Waals surface area contributed by atoms with E-state index in [1.165, 1.54) is 0 Å². The molecule has 1 amide bonds. The average Bonchev–Trinajstić information content (AvgIpc) is 2.62. The molecule has 0 aromatic carbocycles. The SMILES string of the molecule is CCCC(C)(N)C(=O)N1CCC(NS(C)(=O)=O)C1. The lowest BCUT2D eigenvalue weighted by molar-refractivity contribution is -0.135. The summed E-state index contributed by atoms with van der Waals surface area (Å²) in [7, 11) is -3.22. The predicted octanol–water partition coefficient (Wildman–Crippen LogP) is -0.346. The molecule has 2 unspecified atom stereocenters. The van der Waals surface area contributed by atoms with E-state index >= 15 is 0 Å². The molecule has 1 heterocycles. The van der Waals surface area contributed by atoms with Crippen LogP contribution in [0.1, 0.15) is 33.1 Å². The number of rotatable bonds is 5. The van der Waals surface area contributed by atoms with E-state index in [9.17, 15) is 13.2 Å². The number of amides is 1. The molecule has 0 aromatic heterocycles. The van der Waals surface area contributed by atoms with Crippen LogP contribution in [0.3, 0.4) is 0 Å². The number of nitrogens with two attached hydrogens (primary N) is 1. The Hall–Kier alpha value is -0.660. The van der Waals surface area contributed by atoms with E-state index in [4.69, 9.17) is 5.73 Å². The molecule has 18 heavy (non-hydrogen) atoms. The lowest BCUT2D eigenvalue weighted by Gasteiger charge is -2.28. The van der Waals surface area contributed by atoms with Crippen LogP contribution in [0.2, 0.25) is 0 Å². The molecule has 3 N–H and O–H groups in total. The Labute approximate surface area is 109 Å². The summed E-state index contributed by atoms with van der Waals surface area (Å²) in [4.78, 5) is 13.8. The monoisotopic (exact) mass is 277 g/mol. The van der Waals surface area contributed by atoms with E-state index in [1.54, 1.807) is 11.8 Å². The van der Waals surface area contributed by atoms with Crippen molar-refractivity contribution in [3.05, 3.63) is 0 Å². The third-order valence-corrected chi connectivity index (χ3v) is 3.88. The van der Waals surface area contributed by atoms with Crippen LogP contribution in [0.25, 0.3) is 0 Å². The molecule has 2 atom stereocenters. The van der Waals surface area contributed by atoms with Crippen molar-refractivity contribution in [2.45, 2.75) is 44.7 Å². The number of nitrogens with zero attached hydrogens (tertiary/aromatic N) is 1. The van der Waals surface area contributed by atoms with Crippen LogP contribution in [-0.4, -0.2) is 50.2 Å².